The van der Waals surface area contributed by atoms with Gasteiger partial charge in [0.1, 0.15) is 11.9 Å². The van der Waals surface area contributed by atoms with Crippen molar-refractivity contribution in [3.63, 3.8) is 0 Å². The predicted molar refractivity (Wildman–Crippen MR) is 156 cm³/mol. The van der Waals surface area contributed by atoms with Crippen LogP contribution in [0.25, 0.3) is 16.7 Å². The molecule has 0 saturated carbocycles. The molecule has 2 aliphatic heterocycles. The minimum absolute atomic E-state index is 0.118. The van der Waals surface area contributed by atoms with Gasteiger partial charge in [-0.1, -0.05) is 103 Å². The Labute approximate surface area is 223 Å². The van der Waals surface area contributed by atoms with E-state index in [1.165, 1.54) is 44.8 Å². The molecule has 0 aromatic heterocycles. The minimum Gasteiger partial charge on any atom is -0.485 e. The molecular weight excluding hydrogens is 462 g/mol. The molecule has 0 bridgehead atoms. The SMILES string of the molecule is C1=CC2Oc3ccc(C4=CC5c6ccccc6N(c6cccc(-c7ccccc7)c6)C5C=C4)cc3C2C=C1. The van der Waals surface area contributed by atoms with Gasteiger partial charge in [-0.25, -0.2) is 0 Å². The summed E-state index contributed by atoms with van der Waals surface area (Å²) in [4.78, 5) is 2.51. The first-order chi connectivity index (χ1) is 18.8. The summed E-state index contributed by atoms with van der Waals surface area (Å²) in [6, 6.07) is 35.4. The summed E-state index contributed by atoms with van der Waals surface area (Å²) in [6.07, 6.45) is 15.9. The number of benzene rings is 4. The van der Waals surface area contributed by atoms with Crippen LogP contribution < -0.4 is 9.64 Å². The predicted octanol–water partition coefficient (Wildman–Crippen LogP) is 8.58. The Morgan fingerprint density at radius 3 is 2.39 bits per heavy atom. The van der Waals surface area contributed by atoms with E-state index < -0.39 is 0 Å². The van der Waals surface area contributed by atoms with Crippen LogP contribution >= 0.6 is 0 Å². The average Bonchev–Trinajstić information content (AvgIpc) is 3.53. The lowest BCUT2D eigenvalue weighted by atomic mass is 9.85. The molecule has 182 valence electrons. The molecule has 0 fully saturated rings. The van der Waals surface area contributed by atoms with Crippen LogP contribution in [-0.2, 0) is 0 Å². The van der Waals surface area contributed by atoms with Gasteiger partial charge in [0.25, 0.3) is 0 Å². The molecule has 2 aliphatic carbocycles. The summed E-state index contributed by atoms with van der Waals surface area (Å²) in [6.45, 7) is 0. The third kappa shape index (κ3) is 3.34. The molecule has 2 heterocycles. The molecule has 2 heteroatoms. The van der Waals surface area contributed by atoms with Crippen LogP contribution in [0.4, 0.5) is 11.4 Å². The maximum Gasteiger partial charge on any atom is 0.128 e. The van der Waals surface area contributed by atoms with Gasteiger partial charge in [0.2, 0.25) is 0 Å². The third-order valence-corrected chi connectivity index (χ3v) is 8.33. The van der Waals surface area contributed by atoms with E-state index in [0.717, 1.165) is 5.75 Å². The Morgan fingerprint density at radius 1 is 0.605 bits per heavy atom. The fraction of sp³-hybridized carbons (Fsp3) is 0.111. The van der Waals surface area contributed by atoms with Crippen LogP contribution in [0.2, 0.25) is 0 Å². The number of fused-ring (bicyclic) bond motifs is 6. The lowest BCUT2D eigenvalue weighted by Gasteiger charge is -2.30. The fourth-order valence-electron chi connectivity index (χ4n) is 6.53. The van der Waals surface area contributed by atoms with Crippen molar-refractivity contribution in [3.05, 3.63) is 156 Å². The van der Waals surface area contributed by atoms with Crippen molar-refractivity contribution in [1.82, 2.24) is 0 Å². The van der Waals surface area contributed by atoms with Gasteiger partial charge in [0, 0.05) is 28.8 Å². The Kier molecular flexibility index (Phi) is 4.81. The zero-order valence-electron chi connectivity index (χ0n) is 20.9. The van der Waals surface area contributed by atoms with Crippen LogP contribution in [0, 0.1) is 0 Å². The normalized spacial score (nSPS) is 23.8. The summed E-state index contributed by atoms with van der Waals surface area (Å²) in [7, 11) is 0. The lowest BCUT2D eigenvalue weighted by Crippen LogP contribution is -2.29. The van der Waals surface area contributed by atoms with Gasteiger partial charge in [0.15, 0.2) is 0 Å². The second-order valence-electron chi connectivity index (χ2n) is 10.5. The van der Waals surface area contributed by atoms with Crippen molar-refractivity contribution in [2.75, 3.05) is 4.90 Å². The van der Waals surface area contributed by atoms with Gasteiger partial charge in [-0.3, -0.25) is 0 Å². The lowest BCUT2D eigenvalue weighted by molar-refractivity contribution is 0.269. The monoisotopic (exact) mass is 489 g/mol. The van der Waals surface area contributed by atoms with Gasteiger partial charge in [-0.05, 0) is 64.2 Å². The van der Waals surface area contributed by atoms with Crippen LogP contribution in [0.5, 0.6) is 5.75 Å². The first-order valence-corrected chi connectivity index (χ1v) is 13.4. The van der Waals surface area contributed by atoms with E-state index in [9.17, 15) is 0 Å². The number of allylic oxidation sites excluding steroid dienone is 4. The standard InChI is InChI=1S/C36H27NO/c1-2-9-24(10-3-1)25-11-8-12-28(21-25)37-33-15-6-4-13-29(33)31-22-26(17-19-34(31)37)27-18-20-36-32(23-27)30-14-5-7-16-35(30)38-36/h1-23,30-31,34-35H. The minimum atomic E-state index is 0.118. The summed E-state index contributed by atoms with van der Waals surface area (Å²) < 4.78 is 6.19. The van der Waals surface area contributed by atoms with E-state index >= 15 is 0 Å². The molecule has 8 rings (SSSR count). The molecule has 38 heavy (non-hydrogen) atoms. The molecular formula is C36H27NO. The number of ether oxygens (including phenoxy) is 1. The molecule has 0 radical (unpaired) electrons. The first kappa shape index (κ1) is 21.5. The highest BCUT2D eigenvalue weighted by molar-refractivity contribution is 5.84. The molecule has 4 aromatic rings. The highest BCUT2D eigenvalue weighted by Gasteiger charge is 2.38. The largest absolute Gasteiger partial charge is 0.485 e. The van der Waals surface area contributed by atoms with Crippen LogP contribution in [0.3, 0.4) is 0 Å². The molecule has 4 atom stereocenters. The summed E-state index contributed by atoms with van der Waals surface area (Å²) in [5.74, 6) is 1.60. The number of hydrogen-bond acceptors (Lipinski definition) is 2. The number of hydrogen-bond donors (Lipinski definition) is 0. The number of anilines is 2. The zero-order valence-corrected chi connectivity index (χ0v) is 20.9. The topological polar surface area (TPSA) is 12.5 Å². The van der Waals surface area contributed by atoms with Gasteiger partial charge in [0.05, 0.1) is 6.04 Å². The molecule has 2 nitrogen and oxygen atoms in total. The smallest absolute Gasteiger partial charge is 0.128 e. The van der Waals surface area contributed by atoms with Crippen molar-refractivity contribution in [2.24, 2.45) is 0 Å². The summed E-state index contributed by atoms with van der Waals surface area (Å²) in [5.41, 5.74) is 10.2. The first-order valence-electron chi connectivity index (χ1n) is 13.4. The average molecular weight is 490 g/mol. The van der Waals surface area contributed by atoms with Gasteiger partial charge in [-0.15, -0.1) is 0 Å². The number of nitrogens with zero attached hydrogens (tertiary/aromatic N) is 1. The Bertz CT molecular complexity index is 1670. The van der Waals surface area contributed by atoms with Gasteiger partial charge >= 0.3 is 0 Å². The highest BCUT2D eigenvalue weighted by atomic mass is 16.5. The van der Waals surface area contributed by atoms with Crippen LogP contribution in [0.1, 0.15) is 28.5 Å². The van der Waals surface area contributed by atoms with Crippen LogP contribution in [0.15, 0.2) is 140 Å². The Balaban J connectivity index is 1.17. The van der Waals surface area contributed by atoms with E-state index in [4.69, 9.17) is 4.74 Å². The molecule has 4 unspecified atom stereocenters. The van der Waals surface area contributed by atoms with Gasteiger partial charge in [-0.2, -0.15) is 0 Å². The van der Waals surface area contributed by atoms with Crippen molar-refractivity contribution in [1.29, 1.82) is 0 Å². The highest BCUT2D eigenvalue weighted by Crippen LogP contribution is 2.50. The maximum atomic E-state index is 6.19. The Morgan fingerprint density at radius 2 is 1.45 bits per heavy atom. The van der Waals surface area contributed by atoms with Crippen LogP contribution in [-0.4, -0.2) is 12.1 Å². The maximum absolute atomic E-state index is 6.19. The van der Waals surface area contributed by atoms with Gasteiger partial charge < -0.3 is 9.64 Å². The molecule has 4 aromatic carbocycles. The molecule has 0 spiro atoms. The number of rotatable bonds is 3. The molecule has 0 amide bonds. The quantitative estimate of drug-likeness (QED) is 0.286. The van der Waals surface area contributed by atoms with E-state index in [2.05, 4.69) is 144 Å². The fourth-order valence-corrected chi connectivity index (χ4v) is 6.53. The van der Waals surface area contributed by atoms with Crippen molar-refractivity contribution in [3.8, 4) is 16.9 Å². The molecule has 0 saturated heterocycles. The number of para-hydroxylation sites is 1. The van der Waals surface area contributed by atoms with Crippen molar-refractivity contribution >= 4 is 16.9 Å². The van der Waals surface area contributed by atoms with Crippen molar-refractivity contribution in [2.45, 2.75) is 24.0 Å². The van der Waals surface area contributed by atoms with E-state index in [-0.39, 0.29) is 12.1 Å². The second kappa shape index (κ2) is 8.49. The molecule has 0 N–H and O–H groups in total. The molecule has 4 aliphatic rings. The summed E-state index contributed by atoms with van der Waals surface area (Å²) >= 11 is 0. The third-order valence-electron chi connectivity index (χ3n) is 8.33. The van der Waals surface area contributed by atoms with Crippen molar-refractivity contribution < 1.29 is 4.74 Å². The summed E-state index contributed by atoms with van der Waals surface area (Å²) in [5, 5.41) is 0. The Hall–Kier alpha value is -4.56. The zero-order chi connectivity index (χ0) is 25.1. The van der Waals surface area contributed by atoms with E-state index in [1.807, 2.05) is 0 Å². The second-order valence-corrected chi connectivity index (χ2v) is 10.5. The van der Waals surface area contributed by atoms with E-state index in [0.29, 0.717) is 11.8 Å². The van der Waals surface area contributed by atoms with E-state index in [1.54, 1.807) is 0 Å².